The number of rotatable bonds is 59. The maximum atomic E-state index is 13.2. The van der Waals surface area contributed by atoms with Crippen LogP contribution < -0.4 is 0 Å². The molecule has 0 spiro atoms. The summed E-state index contributed by atoms with van der Waals surface area (Å²) in [5, 5.41) is 31.6. The first-order valence-electron chi connectivity index (χ1n) is 34.3. The standard InChI is InChI=1S/C71H124O12/c1-4-7-10-13-16-19-22-25-28-31-32-35-36-39-42-45-48-51-54-57-63(72)79-60-62(81-64(73)58-55-52-49-46-43-40-37-33-29-26-23-20-17-14-11-8-5-2)61-80-71-69(67(76)66(75)68(83-71)70(77)78)82-65(74)59-56-53-50-47-44-41-38-34-30-27-24-21-18-15-12-9-6-3/h16-17,19-20,25-26,28-29,32,35,62,66-69,71,75-76H,4-15,18,21-24,27,30-31,33-34,36-61H2,1-3H3,(H,77,78)/b19-16-,20-17-,28-25-,29-26-,35-32-. The van der Waals surface area contributed by atoms with E-state index in [4.69, 9.17) is 23.7 Å². The summed E-state index contributed by atoms with van der Waals surface area (Å²) in [5.74, 6) is -3.12. The van der Waals surface area contributed by atoms with Crippen LogP contribution in [-0.4, -0.2) is 89.2 Å². The summed E-state index contributed by atoms with van der Waals surface area (Å²) < 4.78 is 28.6. The smallest absolute Gasteiger partial charge is 0.335 e. The Morgan fingerprint density at radius 1 is 0.398 bits per heavy atom. The van der Waals surface area contributed by atoms with Crippen LogP contribution in [0, 0.1) is 0 Å². The number of carboxylic acids is 1. The highest BCUT2D eigenvalue weighted by Crippen LogP contribution is 2.27. The highest BCUT2D eigenvalue weighted by atomic mass is 16.7. The van der Waals surface area contributed by atoms with Crippen LogP contribution in [-0.2, 0) is 42.9 Å². The summed E-state index contributed by atoms with van der Waals surface area (Å²) in [7, 11) is 0. The number of esters is 3. The number of hydrogen-bond donors (Lipinski definition) is 3. The molecule has 1 heterocycles. The van der Waals surface area contributed by atoms with E-state index < -0.39 is 67.3 Å². The summed E-state index contributed by atoms with van der Waals surface area (Å²) in [6.45, 7) is 5.98. The van der Waals surface area contributed by atoms with Crippen LogP contribution >= 0.6 is 0 Å². The number of carboxylic acid groups (broad SMARTS) is 1. The number of carbonyl (C=O) groups is 4. The van der Waals surface area contributed by atoms with Gasteiger partial charge in [0, 0.05) is 19.3 Å². The Balaban J connectivity index is 2.65. The Bertz CT molecular complexity index is 1670. The second-order valence-corrected chi connectivity index (χ2v) is 23.5. The number of carbonyl (C=O) groups excluding carboxylic acids is 3. The number of unbranched alkanes of at least 4 members (excludes halogenated alkanes) is 35. The number of allylic oxidation sites excluding steroid dienone is 10. The lowest BCUT2D eigenvalue weighted by Crippen LogP contribution is -2.61. The van der Waals surface area contributed by atoms with E-state index >= 15 is 0 Å². The van der Waals surface area contributed by atoms with E-state index in [-0.39, 0.29) is 25.9 Å². The molecule has 83 heavy (non-hydrogen) atoms. The minimum atomic E-state index is -1.91. The molecular formula is C71H124O12. The number of aliphatic carboxylic acids is 1. The predicted molar refractivity (Wildman–Crippen MR) is 340 cm³/mol. The largest absolute Gasteiger partial charge is 0.479 e. The van der Waals surface area contributed by atoms with Crippen LogP contribution in [0.5, 0.6) is 0 Å². The quantitative estimate of drug-likeness (QED) is 0.0228. The van der Waals surface area contributed by atoms with Crippen molar-refractivity contribution in [3.8, 4) is 0 Å². The minimum absolute atomic E-state index is 0.0617. The molecule has 480 valence electrons. The second kappa shape index (κ2) is 58.8. The van der Waals surface area contributed by atoms with Gasteiger partial charge in [0.15, 0.2) is 24.6 Å². The van der Waals surface area contributed by atoms with Crippen molar-refractivity contribution < 1.29 is 58.2 Å². The zero-order chi connectivity index (χ0) is 60.3. The molecule has 0 aromatic rings. The Hall–Kier alpha value is -3.58. The first-order valence-corrected chi connectivity index (χ1v) is 34.3. The molecule has 1 aliphatic rings. The summed E-state index contributed by atoms with van der Waals surface area (Å²) >= 11 is 0. The van der Waals surface area contributed by atoms with Gasteiger partial charge in [0.05, 0.1) is 6.61 Å². The lowest BCUT2D eigenvalue weighted by atomic mass is 9.98. The zero-order valence-electron chi connectivity index (χ0n) is 53.2. The van der Waals surface area contributed by atoms with Gasteiger partial charge in [0.25, 0.3) is 0 Å². The van der Waals surface area contributed by atoms with Gasteiger partial charge in [-0.2, -0.15) is 0 Å². The van der Waals surface area contributed by atoms with Gasteiger partial charge in [-0.1, -0.05) is 268 Å². The second-order valence-electron chi connectivity index (χ2n) is 23.5. The molecule has 0 aromatic carbocycles. The van der Waals surface area contributed by atoms with Gasteiger partial charge < -0.3 is 39.0 Å². The third-order valence-electron chi connectivity index (χ3n) is 15.6. The van der Waals surface area contributed by atoms with Crippen molar-refractivity contribution in [3.63, 3.8) is 0 Å². The average molecular weight is 1170 g/mol. The molecule has 3 N–H and O–H groups in total. The molecule has 0 saturated carbocycles. The minimum Gasteiger partial charge on any atom is -0.479 e. The van der Waals surface area contributed by atoms with Gasteiger partial charge in [0.2, 0.25) is 0 Å². The topological polar surface area (TPSA) is 175 Å². The van der Waals surface area contributed by atoms with Crippen molar-refractivity contribution >= 4 is 23.9 Å². The fraction of sp³-hybridized carbons (Fsp3) is 0.803. The SMILES string of the molecule is CCCCC/C=C\C/C=C\C/C=C\CCCCCCCCC(=O)OCC(COC1OC(C(=O)O)C(O)C(O)C1OC(=O)CCCCCCCCCCCCCCCCCCC)OC(=O)CCCCCCCCC/C=C\C/C=C\CCCCC. The molecule has 0 amide bonds. The Morgan fingerprint density at radius 2 is 0.723 bits per heavy atom. The van der Waals surface area contributed by atoms with Crippen LogP contribution in [0.2, 0.25) is 0 Å². The van der Waals surface area contributed by atoms with Crippen molar-refractivity contribution in [2.45, 2.75) is 353 Å². The van der Waals surface area contributed by atoms with Crippen LogP contribution in [0.3, 0.4) is 0 Å². The molecule has 1 aliphatic heterocycles. The maximum absolute atomic E-state index is 13.2. The predicted octanol–water partition coefficient (Wildman–Crippen LogP) is 18.7. The third kappa shape index (κ3) is 48.3. The van der Waals surface area contributed by atoms with Gasteiger partial charge in [-0.05, 0) is 89.9 Å². The van der Waals surface area contributed by atoms with E-state index in [1.165, 1.54) is 135 Å². The summed E-state index contributed by atoms with van der Waals surface area (Å²) in [6, 6.07) is 0. The van der Waals surface area contributed by atoms with E-state index in [9.17, 15) is 34.5 Å². The van der Waals surface area contributed by atoms with Gasteiger partial charge in [-0.25, -0.2) is 4.79 Å². The first-order chi connectivity index (χ1) is 40.6. The Kier molecular flexibility index (Phi) is 54.8. The van der Waals surface area contributed by atoms with E-state index in [1.54, 1.807) is 0 Å². The lowest BCUT2D eigenvalue weighted by Gasteiger charge is -2.40. The molecule has 1 fully saturated rings. The van der Waals surface area contributed by atoms with E-state index in [0.717, 1.165) is 122 Å². The molecule has 0 bridgehead atoms. The fourth-order valence-electron chi connectivity index (χ4n) is 10.3. The van der Waals surface area contributed by atoms with E-state index in [0.29, 0.717) is 19.3 Å². The van der Waals surface area contributed by atoms with E-state index in [1.807, 2.05) is 0 Å². The van der Waals surface area contributed by atoms with Crippen molar-refractivity contribution in [2.75, 3.05) is 13.2 Å². The molecular weight excluding hydrogens is 1040 g/mol. The normalized spacial score (nSPS) is 17.9. The lowest BCUT2D eigenvalue weighted by molar-refractivity contribution is -0.301. The molecule has 12 nitrogen and oxygen atoms in total. The molecule has 0 aliphatic carbocycles. The van der Waals surface area contributed by atoms with Crippen molar-refractivity contribution in [1.29, 1.82) is 0 Å². The van der Waals surface area contributed by atoms with Gasteiger partial charge >= 0.3 is 23.9 Å². The Labute approximate surface area is 506 Å². The van der Waals surface area contributed by atoms with Crippen molar-refractivity contribution in [3.05, 3.63) is 60.8 Å². The Morgan fingerprint density at radius 3 is 1.12 bits per heavy atom. The highest BCUT2D eigenvalue weighted by molar-refractivity contribution is 5.74. The highest BCUT2D eigenvalue weighted by Gasteiger charge is 2.50. The molecule has 12 heteroatoms. The molecule has 0 aromatic heterocycles. The molecule has 0 radical (unpaired) electrons. The van der Waals surface area contributed by atoms with Crippen molar-refractivity contribution in [1.82, 2.24) is 0 Å². The summed E-state index contributed by atoms with van der Waals surface area (Å²) in [4.78, 5) is 51.4. The monoisotopic (exact) mass is 1170 g/mol. The number of aliphatic hydroxyl groups excluding tert-OH is 2. The fourth-order valence-corrected chi connectivity index (χ4v) is 10.3. The van der Waals surface area contributed by atoms with Gasteiger partial charge in [0.1, 0.15) is 18.8 Å². The number of ether oxygens (including phenoxy) is 5. The van der Waals surface area contributed by atoms with Gasteiger partial charge in [-0.15, -0.1) is 0 Å². The van der Waals surface area contributed by atoms with Crippen LogP contribution in [0.1, 0.15) is 316 Å². The third-order valence-corrected chi connectivity index (χ3v) is 15.6. The van der Waals surface area contributed by atoms with Crippen LogP contribution in [0.15, 0.2) is 60.8 Å². The molecule has 1 saturated heterocycles. The summed E-state index contributed by atoms with van der Waals surface area (Å²) in [5.41, 5.74) is 0. The number of aliphatic hydroxyl groups is 2. The maximum Gasteiger partial charge on any atom is 0.335 e. The molecule has 6 atom stereocenters. The van der Waals surface area contributed by atoms with E-state index in [2.05, 4.69) is 81.5 Å². The first kappa shape index (κ1) is 77.4. The average Bonchev–Trinajstić information content (AvgIpc) is 3.59. The summed E-state index contributed by atoms with van der Waals surface area (Å²) in [6.07, 6.45) is 61.6. The van der Waals surface area contributed by atoms with Crippen LogP contribution in [0.4, 0.5) is 0 Å². The van der Waals surface area contributed by atoms with Gasteiger partial charge in [-0.3, -0.25) is 14.4 Å². The number of hydrogen-bond acceptors (Lipinski definition) is 11. The molecule has 1 rings (SSSR count). The van der Waals surface area contributed by atoms with Crippen LogP contribution in [0.25, 0.3) is 0 Å². The molecule has 6 unspecified atom stereocenters. The zero-order valence-corrected chi connectivity index (χ0v) is 53.2. The van der Waals surface area contributed by atoms with Crippen molar-refractivity contribution in [2.24, 2.45) is 0 Å².